The van der Waals surface area contributed by atoms with E-state index < -0.39 is 23.6 Å². The van der Waals surface area contributed by atoms with E-state index in [1.807, 2.05) is 0 Å². The van der Waals surface area contributed by atoms with Gasteiger partial charge >= 0.3 is 0 Å². The fourth-order valence-corrected chi connectivity index (χ4v) is 2.67. The van der Waals surface area contributed by atoms with Crippen molar-refractivity contribution in [3.63, 3.8) is 0 Å². The number of hydrogen-bond acceptors (Lipinski definition) is 3. The van der Waals surface area contributed by atoms with Gasteiger partial charge in [-0.05, 0) is 30.3 Å². The number of carbonyl (C=O) groups is 2. The third kappa shape index (κ3) is 4.12. The molecular weight excluding hydrogens is 330 g/mol. The Kier molecular flexibility index (Phi) is 4.92. The Bertz CT molecular complexity index is 797. The lowest BCUT2D eigenvalue weighted by Crippen LogP contribution is -2.39. The second kappa shape index (κ2) is 7.29. The highest BCUT2D eigenvalue weighted by Crippen LogP contribution is 2.22. The molecule has 0 aliphatic carbocycles. The van der Waals surface area contributed by atoms with Crippen LogP contribution in [0.2, 0.25) is 0 Å². The summed E-state index contributed by atoms with van der Waals surface area (Å²) in [5.41, 5.74) is 0.448. The van der Waals surface area contributed by atoms with Crippen LogP contribution in [0.3, 0.4) is 0 Å². The summed E-state index contributed by atoms with van der Waals surface area (Å²) in [5.74, 6) is -1.66. The largest absolute Gasteiger partial charge is 0.481 e. The first-order valence-corrected chi connectivity index (χ1v) is 7.75. The second-order valence-corrected chi connectivity index (χ2v) is 5.67. The zero-order valence-corrected chi connectivity index (χ0v) is 13.2. The van der Waals surface area contributed by atoms with E-state index in [0.29, 0.717) is 5.69 Å². The minimum Gasteiger partial charge on any atom is -0.481 e. The van der Waals surface area contributed by atoms with Crippen LogP contribution in [-0.2, 0) is 9.59 Å². The van der Waals surface area contributed by atoms with Crippen molar-refractivity contribution < 1.29 is 23.1 Å². The molecule has 2 amide bonds. The Morgan fingerprint density at radius 2 is 2.00 bits per heavy atom. The molecule has 1 saturated heterocycles. The molecule has 1 fully saturated rings. The lowest BCUT2D eigenvalue weighted by molar-refractivity contribution is -0.123. The number of carbonyl (C=O) groups excluding carboxylic acids is 2. The summed E-state index contributed by atoms with van der Waals surface area (Å²) in [6.45, 7) is -0.112. The standard InChI is InChI=1S/C18H16F2N2O3/c19-12-4-3-5-14(8-12)22-10-13(9-18(22)24)21-17(23)11-25-16-7-2-1-6-15(16)20/h1-8,13H,9-11H2,(H,21,23)/t13-/m0/s1. The zero-order valence-electron chi connectivity index (χ0n) is 13.2. The van der Waals surface area contributed by atoms with Gasteiger partial charge in [0.05, 0.1) is 6.04 Å². The van der Waals surface area contributed by atoms with Crippen LogP contribution in [-0.4, -0.2) is 31.0 Å². The minimum absolute atomic E-state index is 0.0125. The number of benzene rings is 2. The fraction of sp³-hybridized carbons (Fsp3) is 0.222. The van der Waals surface area contributed by atoms with Gasteiger partial charge in [-0.25, -0.2) is 8.78 Å². The molecule has 0 aromatic heterocycles. The summed E-state index contributed by atoms with van der Waals surface area (Å²) in [5, 5.41) is 2.67. The number of para-hydroxylation sites is 1. The van der Waals surface area contributed by atoms with Crippen LogP contribution in [0.15, 0.2) is 48.5 Å². The third-order valence-electron chi connectivity index (χ3n) is 3.81. The van der Waals surface area contributed by atoms with Crippen molar-refractivity contribution in [2.75, 3.05) is 18.1 Å². The average molecular weight is 346 g/mol. The average Bonchev–Trinajstić information content (AvgIpc) is 2.94. The molecule has 2 aromatic carbocycles. The molecular formula is C18H16F2N2O3. The van der Waals surface area contributed by atoms with Gasteiger partial charge in [0.1, 0.15) is 5.82 Å². The van der Waals surface area contributed by atoms with Gasteiger partial charge in [0, 0.05) is 18.7 Å². The Labute approximate surface area is 143 Å². The molecule has 25 heavy (non-hydrogen) atoms. The monoisotopic (exact) mass is 346 g/mol. The maximum absolute atomic E-state index is 13.4. The molecule has 1 heterocycles. The van der Waals surface area contributed by atoms with Gasteiger partial charge in [0.2, 0.25) is 5.91 Å². The number of rotatable bonds is 5. The van der Waals surface area contributed by atoms with Crippen molar-refractivity contribution in [2.24, 2.45) is 0 Å². The molecule has 0 bridgehead atoms. The minimum atomic E-state index is -0.552. The van der Waals surface area contributed by atoms with Gasteiger partial charge in [-0.2, -0.15) is 0 Å². The molecule has 3 rings (SSSR count). The van der Waals surface area contributed by atoms with Gasteiger partial charge in [-0.3, -0.25) is 9.59 Å². The van der Waals surface area contributed by atoms with E-state index in [4.69, 9.17) is 4.74 Å². The summed E-state index contributed by atoms with van der Waals surface area (Å²) in [7, 11) is 0. The highest BCUT2D eigenvalue weighted by atomic mass is 19.1. The van der Waals surface area contributed by atoms with Gasteiger partial charge in [0.15, 0.2) is 18.2 Å². The van der Waals surface area contributed by atoms with E-state index >= 15 is 0 Å². The van der Waals surface area contributed by atoms with Crippen molar-refractivity contribution in [3.05, 3.63) is 60.2 Å². The molecule has 1 atom stereocenters. The molecule has 1 aliphatic rings. The summed E-state index contributed by atoms with van der Waals surface area (Å²) in [6.07, 6.45) is 0.113. The van der Waals surface area contributed by atoms with Crippen molar-refractivity contribution in [1.82, 2.24) is 5.32 Å². The zero-order chi connectivity index (χ0) is 17.8. The smallest absolute Gasteiger partial charge is 0.258 e. The SMILES string of the molecule is O=C(COc1ccccc1F)N[C@H]1CC(=O)N(c2cccc(F)c2)C1. The predicted molar refractivity (Wildman–Crippen MR) is 87.2 cm³/mol. The van der Waals surface area contributed by atoms with Crippen molar-refractivity contribution in [1.29, 1.82) is 0 Å². The van der Waals surface area contributed by atoms with E-state index in [1.165, 1.54) is 41.3 Å². The number of ether oxygens (including phenoxy) is 1. The second-order valence-electron chi connectivity index (χ2n) is 5.67. The summed E-state index contributed by atoms with van der Waals surface area (Å²) < 4.78 is 31.9. The van der Waals surface area contributed by atoms with Crippen LogP contribution in [0.1, 0.15) is 6.42 Å². The van der Waals surface area contributed by atoms with E-state index in [2.05, 4.69) is 5.32 Å². The Morgan fingerprint density at radius 1 is 1.20 bits per heavy atom. The lowest BCUT2D eigenvalue weighted by atomic mass is 10.2. The van der Waals surface area contributed by atoms with Crippen molar-refractivity contribution in [2.45, 2.75) is 12.5 Å². The Hall–Kier alpha value is -2.96. The third-order valence-corrected chi connectivity index (χ3v) is 3.81. The Morgan fingerprint density at radius 3 is 2.76 bits per heavy atom. The number of nitrogens with zero attached hydrogens (tertiary/aromatic N) is 1. The van der Waals surface area contributed by atoms with Gasteiger partial charge < -0.3 is 15.0 Å². The lowest BCUT2D eigenvalue weighted by Gasteiger charge is -2.17. The fourth-order valence-electron chi connectivity index (χ4n) is 2.67. The van der Waals surface area contributed by atoms with Crippen molar-refractivity contribution in [3.8, 4) is 5.75 Å². The quantitative estimate of drug-likeness (QED) is 0.904. The summed E-state index contributed by atoms with van der Waals surface area (Å²) >= 11 is 0. The molecule has 0 unspecified atom stereocenters. The first-order valence-electron chi connectivity index (χ1n) is 7.75. The van der Waals surface area contributed by atoms with Crippen LogP contribution in [0.4, 0.5) is 14.5 Å². The Balaban J connectivity index is 1.54. The number of anilines is 1. The molecule has 7 heteroatoms. The van der Waals surface area contributed by atoms with E-state index in [-0.39, 0.29) is 31.2 Å². The molecule has 0 radical (unpaired) electrons. The van der Waals surface area contributed by atoms with E-state index in [9.17, 15) is 18.4 Å². The van der Waals surface area contributed by atoms with Crippen LogP contribution >= 0.6 is 0 Å². The van der Waals surface area contributed by atoms with Crippen molar-refractivity contribution >= 4 is 17.5 Å². The summed E-state index contributed by atoms with van der Waals surface area (Å²) in [6, 6.07) is 11.1. The van der Waals surface area contributed by atoms with Crippen LogP contribution in [0.5, 0.6) is 5.75 Å². The molecule has 1 aliphatic heterocycles. The van der Waals surface area contributed by atoms with Crippen LogP contribution in [0.25, 0.3) is 0 Å². The van der Waals surface area contributed by atoms with Gasteiger partial charge in [-0.1, -0.05) is 18.2 Å². The molecule has 5 nitrogen and oxygen atoms in total. The van der Waals surface area contributed by atoms with Crippen LogP contribution in [0, 0.1) is 11.6 Å². The first kappa shape index (κ1) is 16.9. The van der Waals surface area contributed by atoms with E-state index in [0.717, 1.165) is 0 Å². The van der Waals surface area contributed by atoms with Gasteiger partial charge in [0.25, 0.3) is 5.91 Å². The molecule has 0 saturated carbocycles. The topological polar surface area (TPSA) is 58.6 Å². The molecule has 1 N–H and O–H groups in total. The highest BCUT2D eigenvalue weighted by Gasteiger charge is 2.31. The molecule has 130 valence electrons. The number of halogens is 2. The normalized spacial score (nSPS) is 16.8. The number of amides is 2. The first-order chi connectivity index (χ1) is 12.0. The predicted octanol–water partition coefficient (Wildman–Crippen LogP) is 2.27. The number of nitrogens with one attached hydrogen (secondary N) is 1. The molecule has 0 spiro atoms. The van der Waals surface area contributed by atoms with Crippen LogP contribution < -0.4 is 15.0 Å². The maximum atomic E-state index is 13.4. The highest BCUT2D eigenvalue weighted by molar-refractivity contribution is 5.96. The number of hydrogen-bond donors (Lipinski definition) is 1. The molecule has 2 aromatic rings. The summed E-state index contributed by atoms with van der Waals surface area (Å²) in [4.78, 5) is 25.4. The maximum Gasteiger partial charge on any atom is 0.258 e. The van der Waals surface area contributed by atoms with E-state index in [1.54, 1.807) is 12.1 Å². The van der Waals surface area contributed by atoms with Gasteiger partial charge in [-0.15, -0.1) is 0 Å².